The lowest BCUT2D eigenvalue weighted by Crippen LogP contribution is -2.07. The largest absolute Gasteiger partial charge is 0.416 e. The van der Waals surface area contributed by atoms with Gasteiger partial charge in [-0.15, -0.1) is 0 Å². The average Bonchev–Trinajstić information content (AvgIpc) is 2.85. The van der Waals surface area contributed by atoms with Gasteiger partial charge in [0.15, 0.2) is 0 Å². The van der Waals surface area contributed by atoms with Gasteiger partial charge in [-0.25, -0.2) is 4.98 Å². The minimum Gasteiger partial charge on any atom is -0.384 e. The predicted octanol–water partition coefficient (Wildman–Crippen LogP) is 3.28. The van der Waals surface area contributed by atoms with Crippen molar-refractivity contribution in [2.45, 2.75) is 12.7 Å². The van der Waals surface area contributed by atoms with Crippen LogP contribution in [0.2, 0.25) is 0 Å². The molecule has 0 amide bonds. The van der Waals surface area contributed by atoms with Crippen LogP contribution in [0.1, 0.15) is 16.7 Å². The molecule has 0 unspecified atom stereocenters. The summed E-state index contributed by atoms with van der Waals surface area (Å²) in [7, 11) is 0. The lowest BCUT2D eigenvalue weighted by molar-refractivity contribution is -0.137. The average molecular weight is 277 g/mol. The number of pyridine rings is 1. The number of aromatic nitrogens is 1. The van der Waals surface area contributed by atoms with Crippen molar-refractivity contribution in [3.8, 4) is 11.1 Å². The second kappa shape index (κ2) is 4.33. The number of fused-ring (bicyclic) bond motifs is 1. The number of rotatable bonds is 1. The predicted molar refractivity (Wildman–Crippen MR) is 70.4 cm³/mol. The highest BCUT2D eigenvalue weighted by Gasteiger charge is 2.32. The zero-order valence-corrected chi connectivity index (χ0v) is 10.3. The molecule has 0 bridgehead atoms. The van der Waals surface area contributed by atoms with Gasteiger partial charge in [0.2, 0.25) is 0 Å². The summed E-state index contributed by atoms with van der Waals surface area (Å²) in [5.41, 5.74) is 7.18. The monoisotopic (exact) mass is 277 g/mol. The van der Waals surface area contributed by atoms with Gasteiger partial charge in [-0.1, -0.05) is 0 Å². The molecule has 1 aromatic carbocycles. The third-order valence-electron chi connectivity index (χ3n) is 3.17. The van der Waals surface area contributed by atoms with Crippen LogP contribution in [-0.2, 0) is 12.7 Å². The van der Waals surface area contributed by atoms with Crippen molar-refractivity contribution in [2.24, 2.45) is 4.99 Å². The highest BCUT2D eigenvalue weighted by atomic mass is 19.4. The fourth-order valence-corrected chi connectivity index (χ4v) is 2.20. The Labute approximate surface area is 113 Å². The second-order valence-corrected chi connectivity index (χ2v) is 4.54. The summed E-state index contributed by atoms with van der Waals surface area (Å²) in [6, 6.07) is 5.50. The van der Waals surface area contributed by atoms with Crippen LogP contribution >= 0.6 is 0 Å². The van der Waals surface area contributed by atoms with Crippen LogP contribution < -0.4 is 5.73 Å². The van der Waals surface area contributed by atoms with Crippen molar-refractivity contribution in [1.82, 2.24) is 4.98 Å². The summed E-state index contributed by atoms with van der Waals surface area (Å²) in [5, 5.41) is 0. The first-order valence-electron chi connectivity index (χ1n) is 5.91. The Kier molecular flexibility index (Phi) is 2.74. The van der Waals surface area contributed by atoms with E-state index in [1.807, 2.05) is 0 Å². The zero-order chi connectivity index (χ0) is 14.3. The maximum atomic E-state index is 12.9. The van der Waals surface area contributed by atoms with E-state index in [0.717, 1.165) is 12.1 Å². The van der Waals surface area contributed by atoms with Gasteiger partial charge < -0.3 is 5.73 Å². The third kappa shape index (κ3) is 2.13. The SMILES string of the molecule is Nc1ccc(-c2cc(C(F)(F)F)cc3c2C=NC3)cn1. The fraction of sp³-hybridized carbons (Fsp3) is 0.143. The highest BCUT2D eigenvalue weighted by molar-refractivity contribution is 5.94. The number of benzene rings is 1. The molecule has 3 rings (SSSR count). The number of nitrogens with two attached hydrogens (primary N) is 1. The number of nitrogens with zero attached hydrogens (tertiary/aromatic N) is 2. The normalized spacial score (nSPS) is 13.6. The molecule has 0 radical (unpaired) electrons. The molecule has 2 aromatic rings. The summed E-state index contributed by atoms with van der Waals surface area (Å²) >= 11 is 0. The molecule has 0 fully saturated rings. The molecule has 0 aliphatic carbocycles. The van der Waals surface area contributed by atoms with Gasteiger partial charge >= 0.3 is 6.18 Å². The summed E-state index contributed by atoms with van der Waals surface area (Å²) in [5.74, 6) is 0.325. The van der Waals surface area contributed by atoms with Crippen molar-refractivity contribution in [2.75, 3.05) is 5.73 Å². The van der Waals surface area contributed by atoms with Crippen LogP contribution in [0.5, 0.6) is 0 Å². The van der Waals surface area contributed by atoms with Crippen LogP contribution in [0.3, 0.4) is 0 Å². The molecule has 3 nitrogen and oxygen atoms in total. The smallest absolute Gasteiger partial charge is 0.384 e. The van der Waals surface area contributed by atoms with Gasteiger partial charge in [-0.2, -0.15) is 13.2 Å². The van der Waals surface area contributed by atoms with Crippen LogP contribution in [0.25, 0.3) is 11.1 Å². The molecule has 102 valence electrons. The number of hydrogen-bond donors (Lipinski definition) is 1. The molecule has 0 saturated heterocycles. The quantitative estimate of drug-likeness (QED) is 0.869. The van der Waals surface area contributed by atoms with E-state index < -0.39 is 11.7 Å². The van der Waals surface area contributed by atoms with Crippen molar-refractivity contribution in [1.29, 1.82) is 0 Å². The van der Waals surface area contributed by atoms with E-state index in [0.29, 0.717) is 28.1 Å². The van der Waals surface area contributed by atoms with E-state index in [9.17, 15) is 13.2 Å². The Balaban J connectivity index is 2.21. The minimum absolute atomic E-state index is 0.272. The van der Waals surface area contributed by atoms with Gasteiger partial charge in [0.25, 0.3) is 0 Å². The molecule has 2 heterocycles. The van der Waals surface area contributed by atoms with Crippen LogP contribution in [-0.4, -0.2) is 11.2 Å². The van der Waals surface area contributed by atoms with Crippen LogP contribution in [0.4, 0.5) is 19.0 Å². The maximum absolute atomic E-state index is 12.9. The first-order valence-corrected chi connectivity index (χ1v) is 5.91. The Morgan fingerprint density at radius 1 is 1.15 bits per heavy atom. The van der Waals surface area contributed by atoms with Crippen LogP contribution in [0.15, 0.2) is 35.5 Å². The Morgan fingerprint density at radius 3 is 2.60 bits per heavy atom. The number of anilines is 1. The molecule has 1 aromatic heterocycles. The van der Waals surface area contributed by atoms with Gasteiger partial charge in [-0.05, 0) is 35.4 Å². The molecular formula is C14H10F3N3. The standard InChI is InChI=1S/C14H10F3N3/c15-14(16,17)10-3-9-5-19-7-12(9)11(4-10)8-1-2-13(18)20-6-8/h1-4,6-7H,5H2,(H2,18,20). The van der Waals surface area contributed by atoms with E-state index in [1.165, 1.54) is 6.20 Å². The molecule has 20 heavy (non-hydrogen) atoms. The third-order valence-corrected chi connectivity index (χ3v) is 3.17. The molecule has 1 aliphatic rings. The van der Waals surface area contributed by atoms with Gasteiger partial charge in [-0.3, -0.25) is 4.99 Å². The fourth-order valence-electron chi connectivity index (χ4n) is 2.20. The van der Waals surface area contributed by atoms with Gasteiger partial charge in [0, 0.05) is 23.5 Å². The summed E-state index contributed by atoms with van der Waals surface area (Å²) in [6.07, 6.45) is -1.31. The lowest BCUT2D eigenvalue weighted by Gasteiger charge is -2.13. The van der Waals surface area contributed by atoms with E-state index in [-0.39, 0.29) is 6.54 Å². The highest BCUT2D eigenvalue weighted by Crippen LogP contribution is 2.36. The first kappa shape index (κ1) is 12.7. The molecular weight excluding hydrogens is 267 g/mol. The van der Waals surface area contributed by atoms with E-state index in [4.69, 9.17) is 5.73 Å². The first-order chi connectivity index (χ1) is 9.45. The number of alkyl halides is 3. The van der Waals surface area contributed by atoms with E-state index in [2.05, 4.69) is 9.98 Å². The van der Waals surface area contributed by atoms with Gasteiger partial charge in [0.1, 0.15) is 5.82 Å². The molecule has 0 saturated carbocycles. The van der Waals surface area contributed by atoms with E-state index >= 15 is 0 Å². The lowest BCUT2D eigenvalue weighted by atomic mass is 9.95. The number of nitrogen functional groups attached to an aromatic ring is 1. The van der Waals surface area contributed by atoms with Crippen molar-refractivity contribution in [3.63, 3.8) is 0 Å². The molecule has 0 atom stereocenters. The van der Waals surface area contributed by atoms with E-state index in [1.54, 1.807) is 18.3 Å². The Hall–Kier alpha value is -2.37. The van der Waals surface area contributed by atoms with Gasteiger partial charge in [0.05, 0.1) is 12.1 Å². The summed E-state index contributed by atoms with van der Waals surface area (Å²) in [6.45, 7) is 0.272. The second-order valence-electron chi connectivity index (χ2n) is 4.54. The van der Waals surface area contributed by atoms with Crippen molar-refractivity contribution in [3.05, 3.63) is 47.2 Å². The Bertz CT molecular complexity index is 688. The van der Waals surface area contributed by atoms with Crippen LogP contribution in [0, 0.1) is 0 Å². The van der Waals surface area contributed by atoms with Crippen molar-refractivity contribution >= 4 is 12.0 Å². The number of aliphatic imine (C=N–C) groups is 1. The number of hydrogen-bond acceptors (Lipinski definition) is 3. The molecule has 2 N–H and O–H groups in total. The minimum atomic E-state index is -4.38. The van der Waals surface area contributed by atoms with Crippen molar-refractivity contribution < 1.29 is 13.2 Å². The maximum Gasteiger partial charge on any atom is 0.416 e. The summed E-state index contributed by atoms with van der Waals surface area (Å²) in [4.78, 5) is 7.97. The Morgan fingerprint density at radius 2 is 1.95 bits per heavy atom. The molecule has 0 spiro atoms. The molecule has 1 aliphatic heterocycles. The zero-order valence-electron chi connectivity index (χ0n) is 10.3. The number of halogens is 3. The molecule has 6 heteroatoms. The summed E-state index contributed by atoms with van der Waals surface area (Å²) < 4.78 is 38.8. The topological polar surface area (TPSA) is 51.3 Å².